The average molecular weight is 319 g/mol. The van der Waals surface area contributed by atoms with E-state index in [-0.39, 0.29) is 6.03 Å². The van der Waals surface area contributed by atoms with Crippen molar-refractivity contribution >= 4 is 33.3 Å². The Hall–Kier alpha value is -1.81. The molecule has 2 amide bonds. The Labute approximate surface area is 121 Å². The molecule has 3 nitrogen and oxygen atoms in total. The minimum atomic E-state index is -0.254. The van der Waals surface area contributed by atoms with E-state index in [1.54, 1.807) is 0 Å². The summed E-state index contributed by atoms with van der Waals surface area (Å²) < 4.78 is 0.858. The molecule has 0 aliphatic carbocycles. The second-order valence-electron chi connectivity index (χ2n) is 4.43. The fraction of sp³-hybridized carbons (Fsp3) is 0.133. The summed E-state index contributed by atoms with van der Waals surface area (Å²) in [5.74, 6) is 0. The Morgan fingerprint density at radius 1 is 0.947 bits per heavy atom. The Morgan fingerprint density at radius 2 is 1.58 bits per heavy atom. The number of hydrogen-bond acceptors (Lipinski definition) is 1. The van der Waals surface area contributed by atoms with Crippen LogP contribution in [-0.4, -0.2) is 6.03 Å². The molecule has 19 heavy (non-hydrogen) atoms. The molecule has 0 saturated heterocycles. The fourth-order valence-corrected chi connectivity index (χ4v) is 2.00. The fourth-order valence-electron chi connectivity index (χ4n) is 1.66. The van der Waals surface area contributed by atoms with Crippen LogP contribution < -0.4 is 10.6 Å². The van der Waals surface area contributed by atoms with Crippen molar-refractivity contribution in [3.8, 4) is 0 Å². The molecule has 0 atom stereocenters. The van der Waals surface area contributed by atoms with Crippen molar-refractivity contribution in [2.24, 2.45) is 0 Å². The summed E-state index contributed by atoms with van der Waals surface area (Å²) in [7, 11) is 0. The first-order chi connectivity index (χ1) is 9.04. The van der Waals surface area contributed by atoms with Crippen LogP contribution in [0.4, 0.5) is 16.2 Å². The highest BCUT2D eigenvalue weighted by molar-refractivity contribution is 9.10. The predicted molar refractivity (Wildman–Crippen MR) is 82.7 cm³/mol. The molecule has 0 radical (unpaired) electrons. The van der Waals surface area contributed by atoms with Gasteiger partial charge in [-0.2, -0.15) is 0 Å². The lowest BCUT2D eigenvalue weighted by Crippen LogP contribution is -2.19. The van der Waals surface area contributed by atoms with Crippen molar-refractivity contribution in [2.45, 2.75) is 13.8 Å². The number of anilines is 2. The SMILES string of the molecule is Cc1ccc(NC(=O)Nc2cc(C)ccc2Br)cc1. The second kappa shape index (κ2) is 5.89. The molecule has 0 heterocycles. The second-order valence-corrected chi connectivity index (χ2v) is 5.28. The van der Waals surface area contributed by atoms with E-state index in [9.17, 15) is 4.79 Å². The van der Waals surface area contributed by atoms with Crippen LogP contribution in [0.5, 0.6) is 0 Å². The molecule has 0 unspecified atom stereocenters. The van der Waals surface area contributed by atoms with Gasteiger partial charge in [-0.05, 0) is 59.6 Å². The van der Waals surface area contributed by atoms with E-state index in [0.29, 0.717) is 0 Å². The first-order valence-electron chi connectivity index (χ1n) is 5.95. The van der Waals surface area contributed by atoms with Crippen molar-refractivity contribution in [1.29, 1.82) is 0 Å². The van der Waals surface area contributed by atoms with Gasteiger partial charge in [0, 0.05) is 10.2 Å². The van der Waals surface area contributed by atoms with Crippen LogP contribution in [0.25, 0.3) is 0 Å². The largest absolute Gasteiger partial charge is 0.323 e. The number of amides is 2. The van der Waals surface area contributed by atoms with Crippen LogP contribution in [0.1, 0.15) is 11.1 Å². The predicted octanol–water partition coefficient (Wildman–Crippen LogP) is 4.71. The highest BCUT2D eigenvalue weighted by Crippen LogP contribution is 2.23. The summed E-state index contributed by atoms with van der Waals surface area (Å²) in [6.45, 7) is 3.99. The molecule has 0 spiro atoms. The standard InChI is InChI=1S/C15H15BrN2O/c1-10-3-6-12(7-4-10)17-15(19)18-14-9-11(2)5-8-13(14)16/h3-9H,1-2H3,(H2,17,18,19). The quantitative estimate of drug-likeness (QED) is 0.827. The number of urea groups is 1. The first-order valence-corrected chi connectivity index (χ1v) is 6.75. The molecule has 0 aromatic heterocycles. The number of nitrogens with one attached hydrogen (secondary N) is 2. The van der Waals surface area contributed by atoms with Gasteiger partial charge in [-0.25, -0.2) is 4.79 Å². The first kappa shape index (κ1) is 13.6. The Bertz CT molecular complexity index is 594. The molecule has 2 rings (SSSR count). The van der Waals surface area contributed by atoms with Crippen LogP contribution in [-0.2, 0) is 0 Å². The summed E-state index contributed by atoms with van der Waals surface area (Å²) in [5, 5.41) is 5.61. The third kappa shape index (κ3) is 3.83. The Kier molecular flexibility index (Phi) is 4.22. The number of carbonyl (C=O) groups excluding carboxylic acids is 1. The van der Waals surface area contributed by atoms with Gasteiger partial charge in [0.1, 0.15) is 0 Å². The van der Waals surface area contributed by atoms with Crippen molar-refractivity contribution in [1.82, 2.24) is 0 Å². The van der Waals surface area contributed by atoms with Crippen LogP contribution in [0.3, 0.4) is 0 Å². The molecule has 0 fully saturated rings. The summed E-state index contributed by atoms with van der Waals surface area (Å²) in [5.41, 5.74) is 3.78. The molecular weight excluding hydrogens is 304 g/mol. The van der Waals surface area contributed by atoms with E-state index in [4.69, 9.17) is 0 Å². The number of halogens is 1. The van der Waals surface area contributed by atoms with Gasteiger partial charge in [-0.3, -0.25) is 0 Å². The number of hydrogen-bond donors (Lipinski definition) is 2. The van der Waals surface area contributed by atoms with Crippen LogP contribution in [0.2, 0.25) is 0 Å². The van der Waals surface area contributed by atoms with E-state index in [1.165, 1.54) is 0 Å². The van der Waals surface area contributed by atoms with Gasteiger partial charge in [0.2, 0.25) is 0 Å². The number of benzene rings is 2. The van der Waals surface area contributed by atoms with Gasteiger partial charge in [0.15, 0.2) is 0 Å². The number of carbonyl (C=O) groups is 1. The van der Waals surface area contributed by atoms with Crippen molar-refractivity contribution in [3.05, 3.63) is 58.1 Å². The van der Waals surface area contributed by atoms with Gasteiger partial charge < -0.3 is 10.6 Å². The Balaban J connectivity index is 2.05. The molecule has 98 valence electrons. The lowest BCUT2D eigenvalue weighted by atomic mass is 10.2. The zero-order chi connectivity index (χ0) is 13.8. The van der Waals surface area contributed by atoms with Gasteiger partial charge >= 0.3 is 6.03 Å². The van der Waals surface area contributed by atoms with E-state index < -0.39 is 0 Å². The van der Waals surface area contributed by atoms with Crippen molar-refractivity contribution < 1.29 is 4.79 Å². The van der Waals surface area contributed by atoms with Gasteiger partial charge in [-0.1, -0.05) is 23.8 Å². The maximum Gasteiger partial charge on any atom is 0.323 e. The third-order valence-corrected chi connectivity index (χ3v) is 3.37. The highest BCUT2D eigenvalue weighted by Gasteiger charge is 2.05. The number of rotatable bonds is 2. The molecule has 2 aromatic carbocycles. The minimum Gasteiger partial charge on any atom is -0.308 e. The molecular formula is C15H15BrN2O. The lowest BCUT2D eigenvalue weighted by Gasteiger charge is -2.10. The normalized spacial score (nSPS) is 10.1. The zero-order valence-electron chi connectivity index (χ0n) is 10.8. The van der Waals surface area contributed by atoms with E-state index in [0.717, 1.165) is 27.0 Å². The summed E-state index contributed by atoms with van der Waals surface area (Å²) >= 11 is 3.41. The zero-order valence-corrected chi connectivity index (χ0v) is 12.4. The summed E-state index contributed by atoms with van der Waals surface area (Å²) in [4.78, 5) is 11.9. The monoisotopic (exact) mass is 318 g/mol. The van der Waals surface area contributed by atoms with Crippen molar-refractivity contribution in [2.75, 3.05) is 10.6 Å². The molecule has 2 aromatic rings. The third-order valence-electron chi connectivity index (χ3n) is 2.68. The van der Waals surface area contributed by atoms with E-state index in [2.05, 4.69) is 26.6 Å². The number of aryl methyl sites for hydroxylation is 2. The van der Waals surface area contributed by atoms with Gasteiger partial charge in [0.25, 0.3) is 0 Å². The Morgan fingerprint density at radius 3 is 2.26 bits per heavy atom. The van der Waals surface area contributed by atoms with Gasteiger partial charge in [-0.15, -0.1) is 0 Å². The molecule has 4 heteroatoms. The molecule has 0 bridgehead atoms. The smallest absolute Gasteiger partial charge is 0.308 e. The maximum absolute atomic E-state index is 11.9. The molecule has 0 aliphatic heterocycles. The van der Waals surface area contributed by atoms with Crippen molar-refractivity contribution in [3.63, 3.8) is 0 Å². The molecule has 2 N–H and O–H groups in total. The van der Waals surface area contributed by atoms with Gasteiger partial charge in [0.05, 0.1) is 5.69 Å². The van der Waals surface area contributed by atoms with E-state index >= 15 is 0 Å². The summed E-state index contributed by atoms with van der Waals surface area (Å²) in [6.07, 6.45) is 0. The van der Waals surface area contributed by atoms with Crippen LogP contribution in [0.15, 0.2) is 46.9 Å². The average Bonchev–Trinajstić information content (AvgIpc) is 2.37. The lowest BCUT2D eigenvalue weighted by molar-refractivity contribution is 0.262. The molecule has 0 aliphatic rings. The van der Waals surface area contributed by atoms with Crippen LogP contribution in [0, 0.1) is 13.8 Å². The summed E-state index contributed by atoms with van der Waals surface area (Å²) in [6, 6.07) is 13.2. The van der Waals surface area contributed by atoms with E-state index in [1.807, 2.05) is 56.3 Å². The topological polar surface area (TPSA) is 41.1 Å². The highest BCUT2D eigenvalue weighted by atomic mass is 79.9. The maximum atomic E-state index is 11.9. The van der Waals surface area contributed by atoms with Crippen LogP contribution >= 0.6 is 15.9 Å². The molecule has 0 saturated carbocycles. The minimum absolute atomic E-state index is 0.254.